The molecular weight excluding hydrogens is 619 g/mol. The fourth-order valence-corrected chi connectivity index (χ4v) is 3.46. The Morgan fingerprint density at radius 2 is 0.821 bits per heavy atom. The Kier molecular flexibility index (Phi) is 16.1. The molecule has 11 heteroatoms. The molecule has 0 unspecified atom stereocenters. The Morgan fingerprint density at radius 3 is 1.13 bits per heavy atom. The summed E-state index contributed by atoms with van der Waals surface area (Å²) < 4.78 is 16.5. The van der Waals surface area contributed by atoms with Gasteiger partial charge in [-0.1, -0.05) is 0 Å². The van der Waals surface area contributed by atoms with Crippen molar-refractivity contribution < 1.29 is 117 Å². The van der Waals surface area contributed by atoms with Crippen molar-refractivity contribution >= 4 is 82.3 Å². The van der Waals surface area contributed by atoms with Gasteiger partial charge in [0.2, 0.25) is 0 Å². The number of rotatable bonds is 8. The normalized spacial score (nSPS) is 10.4. The topological polar surface area (TPSA) is 52.4 Å². The second-order valence-electron chi connectivity index (χ2n) is 7.45. The smallest absolute Gasteiger partial charge is 0.477 e. The molecular formula is C28H18K2N2O3S4. The molecule has 39 heavy (non-hydrogen) atoms. The van der Waals surface area contributed by atoms with E-state index >= 15 is 0 Å². The predicted octanol–water partition coefficient (Wildman–Crippen LogP) is 1.41. The van der Waals surface area contributed by atoms with E-state index in [-0.39, 0.29) is 112 Å². The summed E-state index contributed by atoms with van der Waals surface area (Å²) in [6.07, 6.45) is 3.53. The maximum Gasteiger partial charge on any atom is 1.00 e. The Bertz CT molecular complexity index is 1320. The third-order valence-corrected chi connectivity index (χ3v) is 5.13. The zero-order valence-corrected chi connectivity index (χ0v) is 30.7. The third-order valence-electron chi connectivity index (χ3n) is 4.80. The summed E-state index contributed by atoms with van der Waals surface area (Å²) >= 11 is 19.1. The van der Waals surface area contributed by atoms with E-state index in [4.69, 9.17) is 63.9 Å². The summed E-state index contributed by atoms with van der Waals surface area (Å²) in [5.74, 6) is 2.62. The molecule has 5 nitrogen and oxygen atoms in total. The zero-order valence-electron chi connectivity index (χ0n) is 21.1. The van der Waals surface area contributed by atoms with Crippen LogP contribution in [0.1, 0.15) is 11.1 Å². The number of ether oxygens (including phenoxy) is 3. The molecule has 184 valence electrons. The minimum Gasteiger partial charge on any atom is -0.477 e. The van der Waals surface area contributed by atoms with Gasteiger partial charge < -0.3 is 63.9 Å². The Hall–Kier alpha value is -0.487. The van der Waals surface area contributed by atoms with Crippen molar-refractivity contribution in [2.45, 2.75) is 0 Å². The molecule has 0 atom stereocenters. The van der Waals surface area contributed by atoms with Crippen molar-refractivity contribution in [2.75, 3.05) is 0 Å². The first kappa shape index (κ1) is 34.7. The average molecular weight is 637 g/mol. The van der Waals surface area contributed by atoms with Gasteiger partial charge in [0.25, 0.3) is 0 Å². The van der Waals surface area contributed by atoms with Gasteiger partial charge in [-0.05, 0) is 108 Å². The van der Waals surface area contributed by atoms with Crippen LogP contribution >= 0.6 is 24.4 Å². The van der Waals surface area contributed by atoms with E-state index in [1.165, 1.54) is 0 Å². The summed E-state index contributed by atoms with van der Waals surface area (Å²) in [7, 11) is 0. The van der Waals surface area contributed by atoms with Crippen LogP contribution in [0.2, 0.25) is 0 Å². The maximum absolute atomic E-state index is 5.93. The molecule has 0 amide bonds. The van der Waals surface area contributed by atoms with Crippen molar-refractivity contribution in [1.82, 2.24) is 0 Å². The molecule has 0 bridgehead atoms. The van der Waals surface area contributed by atoms with E-state index in [9.17, 15) is 0 Å². The van der Waals surface area contributed by atoms with E-state index in [2.05, 4.69) is 9.98 Å². The van der Waals surface area contributed by atoms with Crippen LogP contribution in [0.15, 0.2) is 107 Å². The SMILES string of the molecule is S=C([S-])Oc1ccc(C=Nc2ccc(Oc3ccc(N=Cc4ccc(OC(=S)[S-])cc4)cc3)cc2)cc1.[K+].[K+]. The quantitative estimate of drug-likeness (QED) is 0.126. The Labute approximate surface area is 334 Å². The van der Waals surface area contributed by atoms with Crippen LogP contribution in [0.5, 0.6) is 23.0 Å². The molecule has 4 aromatic rings. The first-order valence-corrected chi connectivity index (χ1v) is 12.5. The van der Waals surface area contributed by atoms with Gasteiger partial charge in [-0.25, -0.2) is 0 Å². The molecule has 4 rings (SSSR count). The van der Waals surface area contributed by atoms with Crippen LogP contribution in [0.4, 0.5) is 11.4 Å². The number of aliphatic imine (C=N–C) groups is 2. The van der Waals surface area contributed by atoms with E-state index in [1.54, 1.807) is 36.7 Å². The van der Waals surface area contributed by atoms with Gasteiger partial charge in [0.05, 0.1) is 11.4 Å². The molecule has 0 N–H and O–H groups in total. The van der Waals surface area contributed by atoms with Crippen molar-refractivity contribution in [1.29, 1.82) is 0 Å². The van der Waals surface area contributed by atoms with Gasteiger partial charge in [0.1, 0.15) is 23.0 Å². The summed E-state index contributed by atoms with van der Waals surface area (Å²) in [4.78, 5) is 8.98. The van der Waals surface area contributed by atoms with Crippen molar-refractivity contribution in [2.24, 2.45) is 9.98 Å². The van der Waals surface area contributed by atoms with E-state index in [0.717, 1.165) is 22.5 Å². The molecule has 0 saturated heterocycles. The fourth-order valence-electron chi connectivity index (χ4n) is 3.07. The van der Waals surface area contributed by atoms with Crippen LogP contribution in [0, 0.1) is 0 Å². The molecule has 4 aromatic carbocycles. The number of nitrogens with zero attached hydrogens (tertiary/aromatic N) is 2. The largest absolute Gasteiger partial charge is 1.00 e. The minimum atomic E-state index is 0. The molecule has 0 spiro atoms. The van der Waals surface area contributed by atoms with Crippen LogP contribution in [0.25, 0.3) is 0 Å². The van der Waals surface area contributed by atoms with Gasteiger partial charge in [-0.2, -0.15) is 0 Å². The first-order valence-electron chi connectivity index (χ1n) is 10.9. The van der Waals surface area contributed by atoms with Crippen LogP contribution in [0.3, 0.4) is 0 Å². The second kappa shape index (κ2) is 18.1. The molecule has 0 aromatic heterocycles. The number of hydrogen-bond acceptors (Lipinski definition) is 9. The minimum absolute atomic E-state index is 0. The van der Waals surface area contributed by atoms with Gasteiger partial charge in [-0.3, -0.25) is 9.98 Å². The molecule has 0 heterocycles. The van der Waals surface area contributed by atoms with Crippen molar-refractivity contribution in [3.63, 3.8) is 0 Å². The van der Waals surface area contributed by atoms with Crippen LogP contribution < -0.4 is 117 Å². The standard InChI is InChI=1S/C28H20N2O3S4.2K/c34-27(35)32-25-9-1-19(2-10-25)17-29-21-5-13-23(14-6-21)31-24-15-7-22(8-16-24)30-18-20-3-11-26(12-4-20)33-28(36)37;;/h1-18H,(H,34,35)(H,36,37);;/q;2*+1/p-2. The van der Waals surface area contributed by atoms with E-state index in [1.807, 2.05) is 72.8 Å². The number of hydrogen-bond donors (Lipinski definition) is 0. The molecule has 0 aliphatic heterocycles. The third kappa shape index (κ3) is 12.5. The van der Waals surface area contributed by atoms with Gasteiger partial charge >= 0.3 is 103 Å². The van der Waals surface area contributed by atoms with Gasteiger partial charge in [-0.15, -0.1) is 0 Å². The number of benzene rings is 4. The van der Waals surface area contributed by atoms with Crippen molar-refractivity contribution in [3.05, 3.63) is 108 Å². The predicted molar refractivity (Wildman–Crippen MR) is 162 cm³/mol. The zero-order chi connectivity index (χ0) is 26.0. The molecule has 0 saturated carbocycles. The van der Waals surface area contributed by atoms with Crippen molar-refractivity contribution in [3.8, 4) is 23.0 Å². The Balaban J connectivity index is 0.00000267. The molecule has 0 aliphatic carbocycles. The fraction of sp³-hybridized carbons (Fsp3) is 0. The monoisotopic (exact) mass is 636 g/mol. The summed E-state index contributed by atoms with van der Waals surface area (Å²) in [5.41, 5.74) is 3.45. The second-order valence-corrected chi connectivity index (χ2v) is 9.45. The molecule has 0 radical (unpaired) electrons. The van der Waals surface area contributed by atoms with Gasteiger partial charge in [0.15, 0.2) is 0 Å². The summed E-state index contributed by atoms with van der Waals surface area (Å²) in [6.45, 7) is 0. The number of thiocarbonyl (C=S) groups is 2. The van der Waals surface area contributed by atoms with Crippen LogP contribution in [-0.2, 0) is 25.3 Å². The van der Waals surface area contributed by atoms with Gasteiger partial charge in [0, 0.05) is 21.2 Å². The summed E-state index contributed by atoms with van der Waals surface area (Å²) in [6, 6.07) is 29.7. The van der Waals surface area contributed by atoms with E-state index < -0.39 is 0 Å². The molecule has 0 fully saturated rings. The van der Waals surface area contributed by atoms with Crippen LogP contribution in [-0.4, -0.2) is 21.2 Å². The van der Waals surface area contributed by atoms with E-state index in [0.29, 0.717) is 23.0 Å². The molecule has 0 aliphatic rings. The first-order chi connectivity index (χ1) is 17.9. The Morgan fingerprint density at radius 1 is 0.513 bits per heavy atom. The maximum atomic E-state index is 5.93. The summed E-state index contributed by atoms with van der Waals surface area (Å²) in [5, 5.41) is 0. The average Bonchev–Trinajstić information content (AvgIpc) is 2.89.